The van der Waals surface area contributed by atoms with Crippen LogP contribution in [-0.4, -0.2) is 37.3 Å². The topological polar surface area (TPSA) is 21.7 Å². The molecular formula is C21H28FNO2. The number of likely N-dealkylation sites (tertiary alicyclic amines) is 1. The number of nitrogens with zero attached hydrogens (tertiary/aromatic N) is 1. The average Bonchev–Trinajstić information content (AvgIpc) is 2.65. The lowest BCUT2D eigenvalue weighted by atomic mass is 10.1. The third kappa shape index (κ3) is 6.39. The van der Waals surface area contributed by atoms with Crippen molar-refractivity contribution in [3.63, 3.8) is 0 Å². The van der Waals surface area contributed by atoms with Gasteiger partial charge in [0.05, 0.1) is 6.67 Å². The molecule has 0 atom stereocenters. The Morgan fingerprint density at radius 3 is 2.24 bits per heavy atom. The standard InChI is InChI=1S/C19H22FNO2.C2H6/c20-11-4-12-21-13-19(14-21)23-18-9-7-17(8-10-18)22-15-16-5-2-1-3-6-16;1-2/h1-3,5-10,19H,4,11-15H2;1-2H3. The first-order chi connectivity index (χ1) is 12.3. The van der Waals surface area contributed by atoms with Gasteiger partial charge in [-0.3, -0.25) is 9.29 Å². The van der Waals surface area contributed by atoms with Gasteiger partial charge in [0.1, 0.15) is 24.2 Å². The van der Waals surface area contributed by atoms with Crippen LogP contribution in [0.3, 0.4) is 0 Å². The smallest absolute Gasteiger partial charge is 0.124 e. The van der Waals surface area contributed by atoms with Crippen molar-refractivity contribution in [1.82, 2.24) is 4.90 Å². The Labute approximate surface area is 150 Å². The van der Waals surface area contributed by atoms with Crippen molar-refractivity contribution in [3.8, 4) is 11.5 Å². The van der Waals surface area contributed by atoms with E-state index >= 15 is 0 Å². The summed E-state index contributed by atoms with van der Waals surface area (Å²) in [7, 11) is 0. The fraction of sp³-hybridized carbons (Fsp3) is 0.429. The molecular weight excluding hydrogens is 317 g/mol. The van der Waals surface area contributed by atoms with E-state index in [-0.39, 0.29) is 12.8 Å². The van der Waals surface area contributed by atoms with Gasteiger partial charge in [0.25, 0.3) is 0 Å². The fourth-order valence-corrected chi connectivity index (χ4v) is 2.61. The first kappa shape index (κ1) is 19.3. The van der Waals surface area contributed by atoms with Crippen LogP contribution < -0.4 is 9.47 Å². The number of alkyl halides is 1. The normalized spacial score (nSPS) is 14.2. The summed E-state index contributed by atoms with van der Waals surface area (Å²) in [5.74, 6) is 1.69. The molecule has 0 aromatic heterocycles. The molecule has 4 heteroatoms. The van der Waals surface area contributed by atoms with Crippen molar-refractivity contribution >= 4 is 0 Å². The molecule has 2 aromatic carbocycles. The number of rotatable bonds is 8. The lowest BCUT2D eigenvalue weighted by Gasteiger charge is -2.38. The van der Waals surface area contributed by atoms with Crippen LogP contribution in [-0.2, 0) is 6.61 Å². The van der Waals surface area contributed by atoms with Gasteiger partial charge < -0.3 is 9.47 Å². The highest BCUT2D eigenvalue weighted by molar-refractivity contribution is 5.32. The maximum absolute atomic E-state index is 12.1. The van der Waals surface area contributed by atoms with Gasteiger partial charge in [0.2, 0.25) is 0 Å². The first-order valence-electron chi connectivity index (χ1n) is 9.05. The summed E-state index contributed by atoms with van der Waals surface area (Å²) in [4.78, 5) is 2.21. The molecule has 0 bridgehead atoms. The molecule has 0 radical (unpaired) electrons. The molecule has 25 heavy (non-hydrogen) atoms. The molecule has 1 saturated heterocycles. The highest BCUT2D eigenvalue weighted by Gasteiger charge is 2.27. The van der Waals surface area contributed by atoms with E-state index < -0.39 is 0 Å². The van der Waals surface area contributed by atoms with Crippen LogP contribution in [0.4, 0.5) is 4.39 Å². The van der Waals surface area contributed by atoms with Gasteiger partial charge in [-0.25, -0.2) is 0 Å². The van der Waals surface area contributed by atoms with Crippen LogP contribution in [0.1, 0.15) is 25.8 Å². The first-order valence-corrected chi connectivity index (χ1v) is 9.05. The summed E-state index contributed by atoms with van der Waals surface area (Å²) in [5, 5.41) is 0. The molecule has 0 aliphatic carbocycles. The summed E-state index contributed by atoms with van der Waals surface area (Å²) >= 11 is 0. The number of hydrogen-bond acceptors (Lipinski definition) is 3. The predicted octanol–water partition coefficient (Wildman–Crippen LogP) is 4.71. The van der Waals surface area contributed by atoms with Gasteiger partial charge in [-0.1, -0.05) is 44.2 Å². The second-order valence-corrected chi connectivity index (χ2v) is 5.79. The molecule has 0 amide bonds. The summed E-state index contributed by atoms with van der Waals surface area (Å²) in [5.41, 5.74) is 1.15. The van der Waals surface area contributed by atoms with Crippen LogP contribution in [0.15, 0.2) is 54.6 Å². The molecule has 3 rings (SSSR count). The minimum Gasteiger partial charge on any atom is -0.489 e. The van der Waals surface area contributed by atoms with Crippen molar-refractivity contribution in [2.24, 2.45) is 0 Å². The van der Waals surface area contributed by atoms with Crippen molar-refractivity contribution in [2.45, 2.75) is 33.0 Å². The van der Waals surface area contributed by atoms with Gasteiger partial charge in [-0.2, -0.15) is 0 Å². The average molecular weight is 345 g/mol. The van der Waals surface area contributed by atoms with Crippen molar-refractivity contribution < 1.29 is 13.9 Å². The zero-order valence-electron chi connectivity index (χ0n) is 15.2. The van der Waals surface area contributed by atoms with Gasteiger partial charge in [0, 0.05) is 19.6 Å². The number of halogens is 1. The largest absolute Gasteiger partial charge is 0.489 e. The Kier molecular flexibility index (Phi) is 8.26. The molecule has 1 heterocycles. The Balaban J connectivity index is 0.00000109. The van der Waals surface area contributed by atoms with E-state index in [1.54, 1.807) is 0 Å². The maximum Gasteiger partial charge on any atom is 0.124 e. The summed E-state index contributed by atoms with van der Waals surface area (Å²) < 4.78 is 23.7. The predicted molar refractivity (Wildman–Crippen MR) is 100 cm³/mol. The molecule has 0 saturated carbocycles. The Hall–Kier alpha value is -2.07. The number of ether oxygens (including phenoxy) is 2. The van der Waals surface area contributed by atoms with Gasteiger partial charge in [-0.05, 0) is 36.2 Å². The maximum atomic E-state index is 12.1. The second-order valence-electron chi connectivity index (χ2n) is 5.79. The van der Waals surface area contributed by atoms with Crippen molar-refractivity contribution in [1.29, 1.82) is 0 Å². The third-order valence-corrected chi connectivity index (χ3v) is 3.91. The second kappa shape index (κ2) is 10.7. The molecule has 2 aromatic rings. The highest BCUT2D eigenvalue weighted by Crippen LogP contribution is 2.22. The van der Waals surface area contributed by atoms with E-state index in [0.29, 0.717) is 13.0 Å². The van der Waals surface area contributed by atoms with E-state index in [1.807, 2.05) is 68.4 Å². The number of benzene rings is 2. The highest BCUT2D eigenvalue weighted by atomic mass is 19.1. The van der Waals surface area contributed by atoms with Crippen LogP contribution in [0.2, 0.25) is 0 Å². The fourth-order valence-electron chi connectivity index (χ4n) is 2.61. The molecule has 0 N–H and O–H groups in total. The van der Waals surface area contributed by atoms with E-state index in [0.717, 1.165) is 36.7 Å². The quantitative estimate of drug-likeness (QED) is 0.691. The monoisotopic (exact) mass is 345 g/mol. The van der Waals surface area contributed by atoms with E-state index in [1.165, 1.54) is 0 Å². The molecule has 136 valence electrons. The van der Waals surface area contributed by atoms with Crippen LogP contribution in [0, 0.1) is 0 Å². The minimum atomic E-state index is -0.244. The minimum absolute atomic E-state index is 0.214. The van der Waals surface area contributed by atoms with E-state index in [4.69, 9.17) is 9.47 Å². The van der Waals surface area contributed by atoms with Crippen LogP contribution >= 0.6 is 0 Å². The molecule has 1 aliphatic rings. The van der Waals surface area contributed by atoms with Gasteiger partial charge >= 0.3 is 0 Å². The zero-order chi connectivity index (χ0) is 17.9. The summed E-state index contributed by atoms with van der Waals surface area (Å²) in [6.45, 7) is 6.90. The molecule has 1 aliphatic heterocycles. The molecule has 1 fully saturated rings. The molecule has 0 unspecified atom stereocenters. The number of hydrogen-bond donors (Lipinski definition) is 0. The summed E-state index contributed by atoms with van der Waals surface area (Å²) in [6, 6.07) is 17.8. The van der Waals surface area contributed by atoms with Crippen LogP contribution in [0.5, 0.6) is 11.5 Å². The van der Waals surface area contributed by atoms with E-state index in [9.17, 15) is 4.39 Å². The van der Waals surface area contributed by atoms with Crippen molar-refractivity contribution in [3.05, 3.63) is 60.2 Å². The molecule has 0 spiro atoms. The van der Waals surface area contributed by atoms with Crippen LogP contribution in [0.25, 0.3) is 0 Å². The van der Waals surface area contributed by atoms with Crippen molar-refractivity contribution in [2.75, 3.05) is 26.3 Å². The Morgan fingerprint density at radius 2 is 1.60 bits per heavy atom. The van der Waals surface area contributed by atoms with Gasteiger partial charge in [0.15, 0.2) is 0 Å². The van der Waals surface area contributed by atoms with Gasteiger partial charge in [-0.15, -0.1) is 0 Å². The lowest BCUT2D eigenvalue weighted by Crippen LogP contribution is -2.53. The zero-order valence-corrected chi connectivity index (χ0v) is 15.2. The Bertz CT molecular complexity index is 583. The van der Waals surface area contributed by atoms with E-state index in [2.05, 4.69) is 4.90 Å². The SMILES string of the molecule is CC.FCCCN1CC(Oc2ccc(OCc3ccccc3)cc2)C1. The lowest BCUT2D eigenvalue weighted by molar-refractivity contribution is 0.0184. The Morgan fingerprint density at radius 1 is 0.960 bits per heavy atom. The third-order valence-electron chi connectivity index (χ3n) is 3.91. The molecule has 3 nitrogen and oxygen atoms in total. The summed E-state index contributed by atoms with van der Waals surface area (Å²) in [6.07, 6.45) is 0.825.